The second-order valence-corrected chi connectivity index (χ2v) is 10.8. The van der Waals surface area contributed by atoms with Crippen molar-refractivity contribution in [2.45, 2.75) is 95.5 Å². The number of halogens is 2. The Balaban J connectivity index is 1.85. The fourth-order valence-electron chi connectivity index (χ4n) is 5.31. The van der Waals surface area contributed by atoms with Gasteiger partial charge in [0, 0.05) is 31.6 Å². The maximum atomic E-state index is 13.9. The lowest BCUT2D eigenvalue weighted by Crippen LogP contribution is -2.55. The molecular weight excluding hydrogens is 492 g/mol. The van der Waals surface area contributed by atoms with Crippen molar-refractivity contribution in [3.05, 3.63) is 47.5 Å². The molecular formula is C29H43F2N3O4. The number of aliphatic hydroxyl groups is 1. The highest BCUT2D eigenvalue weighted by molar-refractivity contribution is 5.88. The van der Waals surface area contributed by atoms with Gasteiger partial charge in [-0.25, -0.2) is 8.78 Å². The second kappa shape index (κ2) is 14.7. The number of nitrogens with zero attached hydrogens (tertiary/aromatic N) is 1. The van der Waals surface area contributed by atoms with E-state index >= 15 is 0 Å². The highest BCUT2D eigenvalue weighted by Crippen LogP contribution is 2.23. The molecule has 0 saturated heterocycles. The molecule has 1 aromatic rings. The highest BCUT2D eigenvalue weighted by atomic mass is 19.1. The lowest BCUT2D eigenvalue weighted by molar-refractivity contribution is -0.142. The predicted molar refractivity (Wildman–Crippen MR) is 142 cm³/mol. The third-order valence-corrected chi connectivity index (χ3v) is 7.65. The number of unbranched alkanes of at least 4 members (excludes halogenated alkanes) is 1. The van der Waals surface area contributed by atoms with E-state index in [4.69, 9.17) is 4.74 Å². The van der Waals surface area contributed by atoms with Gasteiger partial charge < -0.3 is 25.4 Å². The van der Waals surface area contributed by atoms with Crippen molar-refractivity contribution >= 4 is 11.8 Å². The molecule has 1 aromatic carbocycles. The first kappa shape index (κ1) is 30.2. The summed E-state index contributed by atoms with van der Waals surface area (Å²) in [6, 6.07) is 1.74. The number of hydrogen-bond donors (Lipinski definition) is 3. The van der Waals surface area contributed by atoms with Gasteiger partial charge in [0.25, 0.3) is 0 Å². The second-order valence-electron chi connectivity index (χ2n) is 10.8. The molecule has 0 radical (unpaired) electrons. The van der Waals surface area contributed by atoms with Gasteiger partial charge in [-0.3, -0.25) is 9.59 Å². The van der Waals surface area contributed by atoms with Crippen LogP contribution in [0.25, 0.3) is 0 Å². The van der Waals surface area contributed by atoms with Gasteiger partial charge in [-0.2, -0.15) is 0 Å². The zero-order chi connectivity index (χ0) is 27.7. The number of benzene rings is 1. The summed E-state index contributed by atoms with van der Waals surface area (Å²) in [4.78, 5) is 28.2. The van der Waals surface area contributed by atoms with Crippen molar-refractivity contribution in [1.82, 2.24) is 15.5 Å². The number of fused-ring (bicyclic) bond motifs is 2. The molecule has 2 bridgehead atoms. The summed E-state index contributed by atoms with van der Waals surface area (Å²) >= 11 is 0. The van der Waals surface area contributed by atoms with Crippen LogP contribution in [0.4, 0.5) is 8.78 Å². The summed E-state index contributed by atoms with van der Waals surface area (Å²) < 4.78 is 33.8. The van der Waals surface area contributed by atoms with Crippen LogP contribution < -0.4 is 10.6 Å². The molecule has 7 nitrogen and oxygen atoms in total. The monoisotopic (exact) mass is 535 g/mol. The molecule has 1 fully saturated rings. The molecule has 0 aromatic heterocycles. The van der Waals surface area contributed by atoms with E-state index in [1.54, 1.807) is 7.05 Å². The topological polar surface area (TPSA) is 90.9 Å². The summed E-state index contributed by atoms with van der Waals surface area (Å²) in [5.74, 6) is -2.21. The molecule has 6 atom stereocenters. The molecule has 1 aliphatic carbocycles. The van der Waals surface area contributed by atoms with E-state index in [2.05, 4.69) is 17.6 Å². The van der Waals surface area contributed by atoms with Gasteiger partial charge in [-0.1, -0.05) is 38.8 Å². The summed E-state index contributed by atoms with van der Waals surface area (Å²) in [5.41, 5.74) is 0.327. The minimum atomic E-state index is -1.02. The van der Waals surface area contributed by atoms with Crippen molar-refractivity contribution in [2.24, 2.45) is 5.92 Å². The van der Waals surface area contributed by atoms with Crippen LogP contribution in [0.3, 0.4) is 0 Å². The number of rotatable bonds is 7. The van der Waals surface area contributed by atoms with Crippen molar-refractivity contribution in [1.29, 1.82) is 0 Å². The summed E-state index contributed by atoms with van der Waals surface area (Å²) in [6.45, 7) is 4.56. The Morgan fingerprint density at radius 1 is 1.21 bits per heavy atom. The minimum Gasteiger partial charge on any atom is -0.390 e. The third-order valence-electron chi connectivity index (χ3n) is 7.65. The molecule has 2 aliphatic rings. The zero-order valence-corrected chi connectivity index (χ0v) is 22.8. The summed E-state index contributed by atoms with van der Waals surface area (Å²) in [5, 5.41) is 17.4. The first-order valence-corrected chi connectivity index (χ1v) is 13.9. The van der Waals surface area contributed by atoms with Crippen molar-refractivity contribution in [3.63, 3.8) is 0 Å². The number of hydrogen-bond acceptors (Lipinski definition) is 5. The largest absolute Gasteiger partial charge is 0.390 e. The Morgan fingerprint density at radius 3 is 2.66 bits per heavy atom. The van der Waals surface area contributed by atoms with Crippen LogP contribution in [0.5, 0.6) is 0 Å². The van der Waals surface area contributed by atoms with E-state index in [1.807, 2.05) is 19.1 Å². The fourth-order valence-corrected chi connectivity index (χ4v) is 5.31. The molecule has 3 rings (SSSR count). The van der Waals surface area contributed by atoms with Crippen LogP contribution in [0.15, 0.2) is 30.4 Å². The van der Waals surface area contributed by atoms with Gasteiger partial charge in [-0.15, -0.1) is 0 Å². The van der Waals surface area contributed by atoms with Gasteiger partial charge in [0.1, 0.15) is 17.7 Å². The number of ether oxygens (including phenoxy) is 1. The molecule has 212 valence electrons. The standard InChI is InChI=1S/C29H43F2N3O4/c1-4-5-8-19(2)29(37)34(3)26-9-6-7-12-38-24-11-10-23(17-24)32-18-27(35)25(33-28(26)36)15-20-13-21(30)16-22(31)14-20/h6-7,13-14,16,19,23-27,32,35H,4-5,8-12,15,17-18H2,1-3H3,(H,33,36)/t19-,23+,24-,25-,26?,27+/m0/s1. The molecule has 38 heavy (non-hydrogen) atoms. The quantitative estimate of drug-likeness (QED) is 0.465. The van der Waals surface area contributed by atoms with Crippen LogP contribution in [0, 0.1) is 17.6 Å². The molecule has 9 heteroatoms. The molecule has 1 heterocycles. The summed E-state index contributed by atoms with van der Waals surface area (Å²) in [7, 11) is 1.63. The molecule has 1 aliphatic heterocycles. The molecule has 1 saturated carbocycles. The van der Waals surface area contributed by atoms with Gasteiger partial charge in [-0.05, 0) is 56.2 Å². The molecule has 2 amide bonds. The first-order valence-electron chi connectivity index (χ1n) is 13.9. The Kier molecular flexibility index (Phi) is 11.7. The van der Waals surface area contributed by atoms with Crippen LogP contribution in [-0.2, 0) is 20.7 Å². The van der Waals surface area contributed by atoms with E-state index in [0.29, 0.717) is 12.2 Å². The van der Waals surface area contributed by atoms with Crippen LogP contribution >= 0.6 is 0 Å². The van der Waals surface area contributed by atoms with Gasteiger partial charge in [0.05, 0.1) is 24.9 Å². The average molecular weight is 536 g/mol. The fraction of sp³-hybridized carbons (Fsp3) is 0.655. The Labute approximate surface area is 225 Å². The lowest BCUT2D eigenvalue weighted by Gasteiger charge is -2.32. The maximum Gasteiger partial charge on any atom is 0.243 e. The number of carbonyl (C=O) groups excluding carboxylic acids is 2. The number of carbonyl (C=O) groups is 2. The average Bonchev–Trinajstić information content (AvgIpc) is 3.33. The van der Waals surface area contributed by atoms with E-state index in [0.717, 1.165) is 44.6 Å². The van der Waals surface area contributed by atoms with Crippen LogP contribution in [0.1, 0.15) is 64.4 Å². The van der Waals surface area contributed by atoms with Gasteiger partial charge in [0.2, 0.25) is 11.8 Å². The Morgan fingerprint density at radius 2 is 1.95 bits per heavy atom. The number of likely N-dealkylation sites (N-methyl/N-ethyl adjacent to an activating group) is 1. The van der Waals surface area contributed by atoms with Gasteiger partial charge >= 0.3 is 0 Å². The van der Waals surface area contributed by atoms with E-state index in [-0.39, 0.29) is 43.4 Å². The number of amides is 2. The lowest BCUT2D eigenvalue weighted by atomic mass is 9.98. The third kappa shape index (κ3) is 8.85. The normalized spacial score (nSPS) is 27.7. The van der Waals surface area contributed by atoms with Crippen molar-refractivity contribution in [2.75, 3.05) is 20.2 Å². The smallest absolute Gasteiger partial charge is 0.243 e. The van der Waals surface area contributed by atoms with Crippen molar-refractivity contribution in [3.8, 4) is 0 Å². The first-order chi connectivity index (χ1) is 18.2. The summed E-state index contributed by atoms with van der Waals surface area (Å²) in [6.07, 6.45) is 8.42. The van der Waals surface area contributed by atoms with Gasteiger partial charge in [0.15, 0.2) is 0 Å². The zero-order valence-electron chi connectivity index (χ0n) is 22.8. The number of β-amino-alcohol motifs (C(OH)–C–C–N with tert-alkyl or cyclic N) is 1. The highest BCUT2D eigenvalue weighted by Gasteiger charge is 2.33. The molecule has 3 N–H and O–H groups in total. The predicted octanol–water partition coefficient (Wildman–Crippen LogP) is 3.49. The van der Waals surface area contributed by atoms with E-state index in [1.165, 1.54) is 17.0 Å². The van der Waals surface area contributed by atoms with Crippen LogP contribution in [0.2, 0.25) is 0 Å². The van der Waals surface area contributed by atoms with E-state index < -0.39 is 35.7 Å². The Hall–Kier alpha value is -2.36. The molecule has 0 spiro atoms. The number of nitrogens with one attached hydrogen (secondary N) is 2. The minimum absolute atomic E-state index is 0.0345. The molecule has 1 unspecified atom stereocenters. The number of aliphatic hydroxyl groups excluding tert-OH is 1. The maximum absolute atomic E-state index is 13.9. The Bertz CT molecular complexity index is 940. The van der Waals surface area contributed by atoms with Crippen LogP contribution in [-0.4, -0.2) is 72.4 Å². The SMILES string of the molecule is CCCC[C@H](C)C(=O)N(C)C1CC=CCO[C@H]2CC[C@H](C2)NC[C@@H](O)[C@H](Cc2cc(F)cc(F)c2)NC1=O. The van der Waals surface area contributed by atoms with E-state index in [9.17, 15) is 23.5 Å². The van der Waals surface area contributed by atoms with Crippen molar-refractivity contribution < 1.29 is 28.2 Å².